The van der Waals surface area contributed by atoms with Gasteiger partial charge in [0.1, 0.15) is 5.82 Å². The van der Waals surface area contributed by atoms with Crippen molar-refractivity contribution < 1.29 is 9.18 Å². The average molecular weight is 319 g/mol. The zero-order valence-corrected chi connectivity index (χ0v) is 13.0. The second-order valence-corrected chi connectivity index (χ2v) is 5.96. The predicted molar refractivity (Wildman–Crippen MR) is 83.7 cm³/mol. The number of aromatic nitrogens is 1. The summed E-state index contributed by atoms with van der Waals surface area (Å²) in [5.41, 5.74) is 2.75. The smallest absolute Gasteiger partial charge is 0.253 e. The molecule has 0 saturated heterocycles. The minimum atomic E-state index is -0.423. The van der Waals surface area contributed by atoms with E-state index in [9.17, 15) is 9.18 Å². The number of benzene rings is 1. The molecule has 22 heavy (non-hydrogen) atoms. The van der Waals surface area contributed by atoms with E-state index in [0.717, 1.165) is 30.5 Å². The highest BCUT2D eigenvalue weighted by atomic mass is 35.5. The number of aryl methyl sites for hydroxylation is 1. The fourth-order valence-corrected chi connectivity index (χ4v) is 3.16. The third-order valence-electron chi connectivity index (χ3n) is 4.09. The van der Waals surface area contributed by atoms with Crippen molar-refractivity contribution >= 4 is 17.5 Å². The lowest BCUT2D eigenvalue weighted by Crippen LogP contribution is -2.39. The molecule has 1 aromatic carbocycles. The molecular formula is C17H16ClFN2O. The van der Waals surface area contributed by atoms with Crippen LogP contribution in [0.15, 0.2) is 30.5 Å². The second-order valence-electron chi connectivity index (χ2n) is 5.55. The quantitative estimate of drug-likeness (QED) is 0.921. The first kappa shape index (κ1) is 15.0. The predicted octanol–water partition coefficient (Wildman–Crippen LogP) is 3.47. The van der Waals surface area contributed by atoms with Gasteiger partial charge in [0, 0.05) is 17.9 Å². The molecule has 1 amide bonds. The van der Waals surface area contributed by atoms with E-state index in [1.165, 1.54) is 12.1 Å². The third kappa shape index (κ3) is 2.83. The number of carbonyl (C=O) groups is 1. The lowest BCUT2D eigenvalue weighted by Gasteiger charge is -2.25. The summed E-state index contributed by atoms with van der Waals surface area (Å²) < 4.78 is 13.6. The molecule has 0 spiro atoms. The van der Waals surface area contributed by atoms with E-state index in [1.807, 2.05) is 12.1 Å². The topological polar surface area (TPSA) is 42.0 Å². The van der Waals surface area contributed by atoms with Crippen LogP contribution in [0.25, 0.3) is 0 Å². The van der Waals surface area contributed by atoms with Gasteiger partial charge in [-0.2, -0.15) is 0 Å². The summed E-state index contributed by atoms with van der Waals surface area (Å²) in [6.45, 7) is 1.57. The Balaban J connectivity index is 1.78. The van der Waals surface area contributed by atoms with Crippen LogP contribution in [-0.2, 0) is 12.8 Å². The highest BCUT2D eigenvalue weighted by Gasteiger charge is 2.23. The minimum Gasteiger partial charge on any atom is -0.349 e. The molecule has 3 rings (SSSR count). The van der Waals surface area contributed by atoms with E-state index >= 15 is 0 Å². The Morgan fingerprint density at radius 1 is 1.41 bits per heavy atom. The van der Waals surface area contributed by atoms with Gasteiger partial charge in [0.2, 0.25) is 0 Å². The number of halogens is 2. The number of hydrogen-bond acceptors (Lipinski definition) is 2. The van der Waals surface area contributed by atoms with Gasteiger partial charge in [-0.05, 0) is 55.5 Å². The van der Waals surface area contributed by atoms with Crippen molar-refractivity contribution in [3.05, 3.63) is 63.7 Å². The third-order valence-corrected chi connectivity index (χ3v) is 4.41. The Morgan fingerprint density at radius 3 is 3.05 bits per heavy atom. The lowest BCUT2D eigenvalue weighted by molar-refractivity contribution is 0.0932. The Morgan fingerprint density at radius 2 is 2.23 bits per heavy atom. The van der Waals surface area contributed by atoms with Gasteiger partial charge in [0.15, 0.2) is 0 Å². The molecule has 1 heterocycles. The maximum atomic E-state index is 13.6. The number of carbonyl (C=O) groups excluding carboxylic acids is 1. The van der Waals surface area contributed by atoms with E-state index in [0.29, 0.717) is 0 Å². The number of rotatable bonds is 2. The van der Waals surface area contributed by atoms with Crippen LogP contribution in [0.5, 0.6) is 0 Å². The Kier molecular flexibility index (Phi) is 4.12. The van der Waals surface area contributed by atoms with Gasteiger partial charge < -0.3 is 5.32 Å². The molecule has 1 aliphatic rings. The number of nitrogens with zero attached hydrogens (tertiary/aromatic N) is 1. The van der Waals surface area contributed by atoms with E-state index in [-0.39, 0.29) is 28.1 Å². The summed E-state index contributed by atoms with van der Waals surface area (Å²) in [5, 5.41) is 3.24. The first-order valence-corrected chi connectivity index (χ1v) is 7.62. The highest BCUT2D eigenvalue weighted by Crippen LogP contribution is 2.24. The molecular weight excluding hydrogens is 303 g/mol. The summed E-state index contributed by atoms with van der Waals surface area (Å²) in [5.74, 6) is -0.743. The first-order chi connectivity index (χ1) is 10.6. The Bertz CT molecular complexity index is 733. The summed E-state index contributed by atoms with van der Waals surface area (Å²) in [6.07, 6.45) is 4.17. The van der Waals surface area contributed by atoms with Crippen LogP contribution >= 0.6 is 11.6 Å². The van der Waals surface area contributed by atoms with Crippen molar-refractivity contribution in [3.63, 3.8) is 0 Å². The molecule has 2 aromatic rings. The SMILES string of the molecule is Cc1c(F)ccc(Cl)c1C(=O)NC1CCc2ncccc2C1. The number of hydrogen-bond donors (Lipinski definition) is 1. The summed E-state index contributed by atoms with van der Waals surface area (Å²) >= 11 is 6.06. The van der Waals surface area contributed by atoms with Crippen molar-refractivity contribution in [1.82, 2.24) is 10.3 Å². The molecule has 1 aliphatic carbocycles. The largest absolute Gasteiger partial charge is 0.349 e. The van der Waals surface area contributed by atoms with E-state index in [1.54, 1.807) is 13.1 Å². The van der Waals surface area contributed by atoms with Gasteiger partial charge in [0.25, 0.3) is 5.91 Å². The van der Waals surface area contributed by atoms with Crippen molar-refractivity contribution in [2.24, 2.45) is 0 Å². The van der Waals surface area contributed by atoms with Crippen LogP contribution in [0.2, 0.25) is 5.02 Å². The number of amides is 1. The summed E-state index contributed by atoms with van der Waals surface area (Å²) in [7, 11) is 0. The molecule has 1 N–H and O–H groups in total. The first-order valence-electron chi connectivity index (χ1n) is 7.24. The van der Waals surface area contributed by atoms with Crippen LogP contribution in [0.1, 0.15) is 33.6 Å². The van der Waals surface area contributed by atoms with Gasteiger partial charge in [-0.15, -0.1) is 0 Å². The van der Waals surface area contributed by atoms with Gasteiger partial charge in [-0.25, -0.2) is 4.39 Å². The fourth-order valence-electron chi connectivity index (χ4n) is 2.87. The monoisotopic (exact) mass is 318 g/mol. The zero-order valence-electron chi connectivity index (χ0n) is 12.2. The number of nitrogens with one attached hydrogen (secondary N) is 1. The van der Waals surface area contributed by atoms with Crippen LogP contribution in [0, 0.1) is 12.7 Å². The Labute approximate surface area is 133 Å². The molecule has 1 aromatic heterocycles. The summed E-state index contributed by atoms with van der Waals surface area (Å²) in [4.78, 5) is 16.8. The average Bonchev–Trinajstić information content (AvgIpc) is 2.51. The van der Waals surface area contributed by atoms with Gasteiger partial charge in [-0.3, -0.25) is 9.78 Å². The van der Waals surface area contributed by atoms with Crippen LogP contribution < -0.4 is 5.32 Å². The molecule has 0 bridgehead atoms. The van der Waals surface area contributed by atoms with Crippen LogP contribution in [0.3, 0.4) is 0 Å². The normalized spacial score (nSPS) is 17.0. The zero-order chi connectivity index (χ0) is 15.7. The number of pyridine rings is 1. The number of fused-ring (bicyclic) bond motifs is 1. The molecule has 114 valence electrons. The van der Waals surface area contributed by atoms with Gasteiger partial charge in [-0.1, -0.05) is 17.7 Å². The highest BCUT2D eigenvalue weighted by molar-refractivity contribution is 6.34. The van der Waals surface area contributed by atoms with Gasteiger partial charge >= 0.3 is 0 Å². The molecule has 1 atom stereocenters. The molecule has 0 fully saturated rings. The molecule has 1 unspecified atom stereocenters. The summed E-state index contributed by atoms with van der Waals surface area (Å²) in [6, 6.07) is 6.64. The molecule has 0 aliphatic heterocycles. The standard InChI is InChI=1S/C17H16ClFN2O/c1-10-14(19)6-5-13(18)16(10)17(22)21-12-4-7-15-11(9-12)3-2-8-20-15/h2-3,5-6,8,12H,4,7,9H2,1H3,(H,21,22). The van der Waals surface area contributed by atoms with E-state index in [4.69, 9.17) is 11.6 Å². The second kappa shape index (κ2) is 6.05. The molecule has 0 radical (unpaired) electrons. The minimum absolute atomic E-state index is 0.0166. The van der Waals surface area contributed by atoms with Crippen molar-refractivity contribution in [1.29, 1.82) is 0 Å². The Hall–Kier alpha value is -1.94. The lowest BCUT2D eigenvalue weighted by atomic mass is 9.91. The van der Waals surface area contributed by atoms with E-state index in [2.05, 4.69) is 10.3 Å². The maximum Gasteiger partial charge on any atom is 0.253 e. The van der Waals surface area contributed by atoms with Crippen molar-refractivity contribution in [2.45, 2.75) is 32.2 Å². The molecule has 3 nitrogen and oxygen atoms in total. The fraction of sp³-hybridized carbons (Fsp3) is 0.294. The molecule has 0 saturated carbocycles. The van der Waals surface area contributed by atoms with Crippen molar-refractivity contribution in [3.8, 4) is 0 Å². The van der Waals surface area contributed by atoms with Gasteiger partial charge in [0.05, 0.1) is 10.6 Å². The van der Waals surface area contributed by atoms with Crippen LogP contribution in [-0.4, -0.2) is 16.9 Å². The molecule has 5 heteroatoms. The van der Waals surface area contributed by atoms with Crippen LogP contribution in [0.4, 0.5) is 4.39 Å². The van der Waals surface area contributed by atoms with E-state index < -0.39 is 5.82 Å². The van der Waals surface area contributed by atoms with Crippen molar-refractivity contribution in [2.75, 3.05) is 0 Å². The maximum absolute atomic E-state index is 13.6.